The van der Waals surface area contributed by atoms with Crippen molar-refractivity contribution in [2.75, 3.05) is 12.8 Å². The van der Waals surface area contributed by atoms with Gasteiger partial charge in [-0.2, -0.15) is 0 Å². The van der Waals surface area contributed by atoms with Gasteiger partial charge in [0.05, 0.1) is 6.42 Å². The molecule has 0 saturated heterocycles. The zero-order valence-corrected chi connectivity index (χ0v) is 14.1. The summed E-state index contributed by atoms with van der Waals surface area (Å²) in [6.45, 7) is 6.43. The second-order valence-corrected chi connectivity index (χ2v) is 7.56. The summed E-state index contributed by atoms with van der Waals surface area (Å²) in [6, 6.07) is 8.16. The van der Waals surface area contributed by atoms with Gasteiger partial charge >= 0.3 is 11.9 Å². The van der Waals surface area contributed by atoms with Crippen LogP contribution < -0.4 is 5.30 Å². The Morgan fingerprint density at radius 1 is 1.30 bits per heavy atom. The highest BCUT2D eigenvalue weighted by Crippen LogP contribution is 2.39. The Balaban J connectivity index is 2.38. The fourth-order valence-electron chi connectivity index (χ4n) is 1.63. The van der Waals surface area contributed by atoms with Gasteiger partial charge in [-0.1, -0.05) is 24.8 Å². The number of benzene rings is 1. The number of ether oxygens (including phenoxy) is 2. The van der Waals surface area contributed by atoms with E-state index in [-0.39, 0.29) is 24.8 Å². The minimum absolute atomic E-state index is 0.112. The van der Waals surface area contributed by atoms with E-state index < -0.39 is 25.4 Å². The monoisotopic (exact) mass is 340 g/mol. The average Bonchev–Trinajstić information content (AvgIpc) is 2.51. The lowest BCUT2D eigenvalue weighted by molar-refractivity contribution is -0.155. The van der Waals surface area contributed by atoms with E-state index in [1.807, 2.05) is 0 Å². The van der Waals surface area contributed by atoms with Crippen molar-refractivity contribution in [3.8, 4) is 0 Å². The number of carbonyl (C=O) groups is 2. The van der Waals surface area contributed by atoms with Crippen LogP contribution in [0.3, 0.4) is 0 Å². The van der Waals surface area contributed by atoms with Crippen LogP contribution in [0.15, 0.2) is 42.5 Å². The molecule has 126 valence electrons. The third kappa shape index (κ3) is 6.80. The molecule has 2 unspecified atom stereocenters. The van der Waals surface area contributed by atoms with Crippen molar-refractivity contribution < 1.29 is 28.5 Å². The predicted molar refractivity (Wildman–Crippen MR) is 86.7 cm³/mol. The van der Waals surface area contributed by atoms with Gasteiger partial charge in [-0.05, 0) is 26.0 Å². The molecule has 0 aromatic heterocycles. The smallest absolute Gasteiger partial charge is 0.333 e. The van der Waals surface area contributed by atoms with Crippen molar-refractivity contribution in [2.45, 2.75) is 26.4 Å². The largest absolute Gasteiger partial charge is 0.462 e. The lowest BCUT2D eigenvalue weighted by Crippen LogP contribution is -2.23. The van der Waals surface area contributed by atoms with Gasteiger partial charge < -0.3 is 14.4 Å². The van der Waals surface area contributed by atoms with Crippen molar-refractivity contribution in [1.82, 2.24) is 0 Å². The van der Waals surface area contributed by atoms with E-state index in [1.165, 1.54) is 6.92 Å². The Labute approximate surface area is 135 Å². The van der Waals surface area contributed by atoms with E-state index in [2.05, 4.69) is 6.58 Å². The zero-order chi connectivity index (χ0) is 17.5. The van der Waals surface area contributed by atoms with Crippen LogP contribution in [0.5, 0.6) is 0 Å². The molecule has 1 aromatic rings. The molecule has 0 aliphatic rings. The molecular weight excluding hydrogens is 319 g/mol. The highest BCUT2D eigenvalue weighted by atomic mass is 31.2. The molecule has 0 aliphatic carbocycles. The van der Waals surface area contributed by atoms with Gasteiger partial charge in [-0.15, -0.1) is 0 Å². The standard InChI is InChI=1S/C16H21O6P/c1-12(2)16(18)22-13(3)11-21-15(17)9-10-23(19,20)14-7-5-4-6-8-14/h4-8,13H,1,9-11H2,2-3H3,(H,19,20). The van der Waals surface area contributed by atoms with Gasteiger partial charge in [0.25, 0.3) is 0 Å². The quantitative estimate of drug-likeness (QED) is 0.442. The van der Waals surface area contributed by atoms with Crippen LogP contribution in [-0.4, -0.2) is 35.7 Å². The van der Waals surface area contributed by atoms with Crippen molar-refractivity contribution in [2.24, 2.45) is 0 Å². The first-order valence-electron chi connectivity index (χ1n) is 7.12. The number of hydrogen-bond acceptors (Lipinski definition) is 5. The van der Waals surface area contributed by atoms with Gasteiger partial charge in [0.1, 0.15) is 12.7 Å². The summed E-state index contributed by atoms with van der Waals surface area (Å²) >= 11 is 0. The van der Waals surface area contributed by atoms with Crippen LogP contribution in [0.2, 0.25) is 0 Å². The highest BCUT2D eigenvalue weighted by molar-refractivity contribution is 7.66. The topological polar surface area (TPSA) is 89.9 Å². The number of hydrogen-bond donors (Lipinski definition) is 1. The average molecular weight is 340 g/mol. The molecule has 0 fully saturated rings. The summed E-state index contributed by atoms with van der Waals surface area (Å²) in [5.41, 5.74) is 0.257. The van der Waals surface area contributed by atoms with Gasteiger partial charge in [0.15, 0.2) is 0 Å². The molecule has 6 nitrogen and oxygen atoms in total. The van der Waals surface area contributed by atoms with Gasteiger partial charge in [-0.3, -0.25) is 9.36 Å². The number of carbonyl (C=O) groups excluding carboxylic acids is 2. The Morgan fingerprint density at radius 2 is 1.91 bits per heavy atom. The summed E-state index contributed by atoms with van der Waals surface area (Å²) in [4.78, 5) is 32.9. The third-order valence-corrected chi connectivity index (χ3v) is 4.85. The van der Waals surface area contributed by atoms with E-state index >= 15 is 0 Å². The van der Waals surface area contributed by atoms with E-state index in [0.717, 1.165) is 0 Å². The molecule has 2 atom stereocenters. The molecular formula is C16H21O6P. The van der Waals surface area contributed by atoms with E-state index in [4.69, 9.17) is 9.47 Å². The molecule has 23 heavy (non-hydrogen) atoms. The minimum Gasteiger partial charge on any atom is -0.462 e. The minimum atomic E-state index is -3.58. The predicted octanol–water partition coefficient (Wildman–Crippen LogP) is 2.02. The molecule has 1 N–H and O–H groups in total. The molecule has 0 bridgehead atoms. The second kappa shape index (κ2) is 8.65. The fraction of sp³-hybridized carbons (Fsp3) is 0.375. The SMILES string of the molecule is C=C(C)C(=O)OC(C)COC(=O)CCP(=O)(O)c1ccccc1. The molecule has 1 aromatic carbocycles. The van der Waals surface area contributed by atoms with Crippen LogP contribution in [0, 0.1) is 0 Å². The maximum absolute atomic E-state index is 12.1. The normalized spacial score (nSPS) is 14.4. The van der Waals surface area contributed by atoms with Crippen molar-refractivity contribution >= 4 is 24.6 Å². The molecule has 1 rings (SSSR count). The summed E-state index contributed by atoms with van der Waals surface area (Å²) in [5.74, 6) is -1.18. The summed E-state index contributed by atoms with van der Waals surface area (Å²) in [6.07, 6.45) is -1.00. The van der Waals surface area contributed by atoms with Crippen molar-refractivity contribution in [1.29, 1.82) is 0 Å². The van der Waals surface area contributed by atoms with Crippen LogP contribution in [-0.2, 0) is 23.6 Å². The summed E-state index contributed by atoms with van der Waals surface area (Å²) in [5, 5.41) is 0.302. The van der Waals surface area contributed by atoms with E-state index in [0.29, 0.717) is 5.30 Å². The Hall–Kier alpha value is -1.91. The number of rotatable bonds is 8. The molecule has 0 spiro atoms. The molecule has 0 heterocycles. The Bertz CT molecular complexity index is 610. The molecule has 0 aliphatic heterocycles. The molecule has 0 radical (unpaired) electrons. The fourth-order valence-corrected chi connectivity index (χ4v) is 3.01. The van der Waals surface area contributed by atoms with Crippen molar-refractivity contribution in [3.05, 3.63) is 42.5 Å². The molecule has 7 heteroatoms. The van der Waals surface area contributed by atoms with Gasteiger partial charge in [0, 0.05) is 17.0 Å². The van der Waals surface area contributed by atoms with E-state index in [9.17, 15) is 19.0 Å². The maximum Gasteiger partial charge on any atom is 0.333 e. The maximum atomic E-state index is 12.1. The van der Waals surface area contributed by atoms with Crippen LogP contribution >= 0.6 is 7.37 Å². The first-order chi connectivity index (χ1) is 10.7. The Morgan fingerprint density at radius 3 is 2.48 bits per heavy atom. The Kier molecular flexibility index (Phi) is 7.20. The van der Waals surface area contributed by atoms with E-state index in [1.54, 1.807) is 37.3 Å². The van der Waals surface area contributed by atoms with Gasteiger partial charge in [-0.25, -0.2) is 4.79 Å². The molecule has 0 saturated carbocycles. The van der Waals surface area contributed by atoms with Crippen LogP contribution in [0.1, 0.15) is 20.3 Å². The first kappa shape index (κ1) is 19.1. The van der Waals surface area contributed by atoms with Gasteiger partial charge in [0.2, 0.25) is 7.37 Å². The first-order valence-corrected chi connectivity index (χ1v) is 8.96. The molecule has 0 amide bonds. The van der Waals surface area contributed by atoms with Crippen LogP contribution in [0.25, 0.3) is 0 Å². The lowest BCUT2D eigenvalue weighted by Gasteiger charge is -2.14. The number of esters is 2. The van der Waals surface area contributed by atoms with Crippen LogP contribution in [0.4, 0.5) is 0 Å². The summed E-state index contributed by atoms with van der Waals surface area (Å²) < 4.78 is 22.0. The van der Waals surface area contributed by atoms with Crippen molar-refractivity contribution in [3.63, 3.8) is 0 Å². The second-order valence-electron chi connectivity index (χ2n) is 5.19. The highest BCUT2D eigenvalue weighted by Gasteiger charge is 2.23. The summed E-state index contributed by atoms with van der Waals surface area (Å²) in [7, 11) is -3.58. The zero-order valence-electron chi connectivity index (χ0n) is 13.2. The third-order valence-electron chi connectivity index (χ3n) is 2.91. The lowest BCUT2D eigenvalue weighted by atomic mass is 10.3.